The lowest BCUT2D eigenvalue weighted by Gasteiger charge is -2.37. The Bertz CT molecular complexity index is 867. The molecule has 2 aromatic rings. The van der Waals surface area contributed by atoms with Gasteiger partial charge in [-0.3, -0.25) is 9.69 Å². The molecule has 4 rings (SSSR count). The van der Waals surface area contributed by atoms with E-state index >= 15 is 0 Å². The van der Waals surface area contributed by atoms with Crippen molar-refractivity contribution >= 4 is 23.2 Å². The monoisotopic (exact) mass is 443 g/mol. The third-order valence-corrected chi connectivity index (χ3v) is 6.34. The fraction of sp³-hybridized carbons (Fsp3) is 0.458. The highest BCUT2D eigenvalue weighted by atomic mass is 35.5. The van der Waals surface area contributed by atoms with Crippen LogP contribution in [0.25, 0.3) is 0 Å². The van der Waals surface area contributed by atoms with Crippen LogP contribution in [0.4, 0.5) is 5.69 Å². The normalized spacial score (nSPS) is 20.5. The van der Waals surface area contributed by atoms with Gasteiger partial charge in [0, 0.05) is 50.4 Å². The molecule has 31 heavy (non-hydrogen) atoms. The number of ether oxygens (including phenoxy) is 2. The Balaban J connectivity index is 1.33. The number of nitrogens with zero attached hydrogens (tertiary/aromatic N) is 1. The molecular formula is C24H30ClN3O3. The summed E-state index contributed by atoms with van der Waals surface area (Å²) in [6.45, 7) is 6.91. The summed E-state index contributed by atoms with van der Waals surface area (Å²) in [5.74, 6) is 0.358. The van der Waals surface area contributed by atoms with E-state index in [1.54, 1.807) is 18.2 Å². The second-order valence-electron chi connectivity index (χ2n) is 8.10. The number of nitrogens with one attached hydrogen (secondary N) is 2. The van der Waals surface area contributed by atoms with Gasteiger partial charge in [0.1, 0.15) is 0 Å². The molecule has 2 aromatic carbocycles. The second-order valence-corrected chi connectivity index (χ2v) is 8.51. The lowest BCUT2D eigenvalue weighted by molar-refractivity contribution is 0.00137. The summed E-state index contributed by atoms with van der Waals surface area (Å²) in [5, 5.41) is 7.02. The molecule has 6 nitrogen and oxygen atoms in total. The first-order valence-electron chi connectivity index (χ1n) is 11.0. The van der Waals surface area contributed by atoms with Crippen molar-refractivity contribution in [1.82, 2.24) is 10.2 Å². The van der Waals surface area contributed by atoms with E-state index in [0.29, 0.717) is 22.5 Å². The molecule has 1 amide bonds. The summed E-state index contributed by atoms with van der Waals surface area (Å²) in [5.41, 5.74) is 2.36. The molecule has 2 heterocycles. The topological polar surface area (TPSA) is 62.8 Å². The quantitative estimate of drug-likeness (QED) is 0.654. The number of amides is 1. The van der Waals surface area contributed by atoms with Gasteiger partial charge in [-0.15, -0.1) is 0 Å². The first-order valence-corrected chi connectivity index (χ1v) is 11.3. The Labute approximate surface area is 188 Å². The van der Waals surface area contributed by atoms with E-state index < -0.39 is 0 Å². The number of hydrogen-bond donors (Lipinski definition) is 2. The van der Waals surface area contributed by atoms with Gasteiger partial charge in [-0.05, 0) is 36.2 Å². The van der Waals surface area contributed by atoms with Crippen LogP contribution in [-0.4, -0.2) is 62.9 Å². The summed E-state index contributed by atoms with van der Waals surface area (Å²) in [4.78, 5) is 15.1. The molecule has 2 aliphatic heterocycles. The number of morpholine rings is 1. The highest BCUT2D eigenvalue weighted by Gasteiger charge is 2.31. The van der Waals surface area contributed by atoms with Crippen LogP contribution in [0.2, 0.25) is 5.02 Å². The smallest absolute Gasteiger partial charge is 0.257 e. The maximum atomic E-state index is 12.5. The average Bonchev–Trinajstić information content (AvgIpc) is 3.32. The predicted octanol–water partition coefficient (Wildman–Crippen LogP) is 3.42. The van der Waals surface area contributed by atoms with Crippen molar-refractivity contribution < 1.29 is 14.3 Å². The number of hydrogen-bond acceptors (Lipinski definition) is 5. The molecule has 166 valence electrons. The zero-order valence-electron chi connectivity index (χ0n) is 17.7. The minimum Gasteiger partial charge on any atom is -0.381 e. The Morgan fingerprint density at radius 3 is 2.71 bits per heavy atom. The number of halogens is 1. The van der Waals surface area contributed by atoms with E-state index in [2.05, 4.69) is 21.6 Å². The van der Waals surface area contributed by atoms with Crippen molar-refractivity contribution in [1.29, 1.82) is 0 Å². The Hall–Kier alpha value is -1.96. The summed E-state index contributed by atoms with van der Waals surface area (Å²) in [6.07, 6.45) is 1.12. The molecular weight excluding hydrogens is 414 g/mol. The van der Waals surface area contributed by atoms with Gasteiger partial charge in [-0.1, -0.05) is 35.9 Å². The number of benzene rings is 2. The van der Waals surface area contributed by atoms with E-state index in [0.717, 1.165) is 70.3 Å². The molecule has 2 aliphatic rings. The predicted molar refractivity (Wildman–Crippen MR) is 123 cm³/mol. The third kappa shape index (κ3) is 6.05. The van der Waals surface area contributed by atoms with E-state index in [1.165, 1.54) is 0 Å². The molecule has 0 spiro atoms. The van der Waals surface area contributed by atoms with Gasteiger partial charge >= 0.3 is 0 Å². The molecule has 0 aliphatic carbocycles. The van der Waals surface area contributed by atoms with Crippen molar-refractivity contribution in [2.45, 2.75) is 19.0 Å². The highest BCUT2D eigenvalue weighted by molar-refractivity contribution is 6.34. The second kappa shape index (κ2) is 11.1. The van der Waals surface area contributed by atoms with E-state index in [1.807, 2.05) is 24.3 Å². The van der Waals surface area contributed by atoms with Crippen molar-refractivity contribution in [2.24, 2.45) is 5.92 Å². The SMILES string of the molecule is O=C(Nc1cccc(CNCC(C2CCOC2)N2CCOCC2)c1)c1ccccc1Cl. The molecule has 0 saturated carbocycles. The number of anilines is 1. The van der Waals surface area contributed by atoms with Crippen LogP contribution in [0.15, 0.2) is 48.5 Å². The van der Waals surface area contributed by atoms with Crippen LogP contribution in [0.1, 0.15) is 22.3 Å². The molecule has 7 heteroatoms. The first kappa shape index (κ1) is 22.2. The fourth-order valence-electron chi connectivity index (χ4n) is 4.33. The van der Waals surface area contributed by atoms with Crippen LogP contribution in [0.5, 0.6) is 0 Å². The van der Waals surface area contributed by atoms with Gasteiger partial charge in [0.2, 0.25) is 0 Å². The zero-order valence-corrected chi connectivity index (χ0v) is 18.4. The minimum absolute atomic E-state index is 0.204. The maximum Gasteiger partial charge on any atom is 0.257 e. The molecule has 0 aromatic heterocycles. The van der Waals surface area contributed by atoms with Crippen LogP contribution < -0.4 is 10.6 Å². The summed E-state index contributed by atoms with van der Waals surface area (Å²) in [6, 6.07) is 15.4. The summed E-state index contributed by atoms with van der Waals surface area (Å²) in [7, 11) is 0. The van der Waals surface area contributed by atoms with Crippen molar-refractivity contribution in [3.63, 3.8) is 0 Å². The van der Waals surface area contributed by atoms with Crippen molar-refractivity contribution in [3.8, 4) is 0 Å². The van der Waals surface area contributed by atoms with Crippen LogP contribution in [0, 0.1) is 5.92 Å². The van der Waals surface area contributed by atoms with Gasteiger partial charge in [-0.2, -0.15) is 0 Å². The van der Waals surface area contributed by atoms with E-state index in [-0.39, 0.29) is 5.91 Å². The van der Waals surface area contributed by atoms with E-state index in [4.69, 9.17) is 21.1 Å². The Kier molecular flexibility index (Phi) is 7.94. The van der Waals surface area contributed by atoms with Crippen LogP contribution in [-0.2, 0) is 16.0 Å². The Morgan fingerprint density at radius 2 is 1.94 bits per heavy atom. The molecule has 0 bridgehead atoms. The van der Waals surface area contributed by atoms with Gasteiger partial charge < -0.3 is 20.1 Å². The lowest BCUT2D eigenvalue weighted by Crippen LogP contribution is -2.51. The van der Waals surface area contributed by atoms with Crippen molar-refractivity contribution in [2.75, 3.05) is 51.4 Å². The summed E-state index contributed by atoms with van der Waals surface area (Å²) >= 11 is 6.14. The molecule has 2 fully saturated rings. The molecule has 2 unspecified atom stereocenters. The molecule has 2 N–H and O–H groups in total. The average molecular weight is 444 g/mol. The first-order chi connectivity index (χ1) is 15.2. The lowest BCUT2D eigenvalue weighted by atomic mass is 9.96. The minimum atomic E-state index is -0.204. The third-order valence-electron chi connectivity index (χ3n) is 6.01. The number of carbonyl (C=O) groups is 1. The van der Waals surface area contributed by atoms with Gasteiger partial charge in [0.25, 0.3) is 5.91 Å². The molecule has 2 saturated heterocycles. The van der Waals surface area contributed by atoms with Gasteiger partial charge in [-0.25, -0.2) is 0 Å². The van der Waals surface area contributed by atoms with Crippen molar-refractivity contribution in [3.05, 3.63) is 64.7 Å². The largest absolute Gasteiger partial charge is 0.381 e. The molecule has 0 radical (unpaired) electrons. The zero-order chi connectivity index (χ0) is 21.5. The van der Waals surface area contributed by atoms with Crippen LogP contribution >= 0.6 is 11.6 Å². The standard InChI is InChI=1S/C24H30ClN3O3/c25-22-7-2-1-6-21(22)24(29)27-20-5-3-4-18(14-20)15-26-16-23(19-8-11-31-17-19)28-9-12-30-13-10-28/h1-7,14,19,23,26H,8-13,15-17H2,(H,27,29). The highest BCUT2D eigenvalue weighted by Crippen LogP contribution is 2.22. The number of carbonyl (C=O) groups excluding carboxylic acids is 1. The number of rotatable bonds is 8. The summed E-state index contributed by atoms with van der Waals surface area (Å²) < 4.78 is 11.2. The fourth-order valence-corrected chi connectivity index (χ4v) is 4.55. The van der Waals surface area contributed by atoms with Gasteiger partial charge in [0.15, 0.2) is 0 Å². The maximum absolute atomic E-state index is 12.5. The Morgan fingerprint density at radius 1 is 1.10 bits per heavy atom. The van der Waals surface area contributed by atoms with Gasteiger partial charge in [0.05, 0.1) is 30.4 Å². The molecule has 2 atom stereocenters. The van der Waals surface area contributed by atoms with Crippen LogP contribution in [0.3, 0.4) is 0 Å². The van der Waals surface area contributed by atoms with E-state index in [9.17, 15) is 4.79 Å².